The highest BCUT2D eigenvalue weighted by Gasteiger charge is 2.52. The molecule has 1 unspecified atom stereocenters. The summed E-state index contributed by atoms with van der Waals surface area (Å²) in [4.78, 5) is 48.9. The van der Waals surface area contributed by atoms with Crippen LogP contribution in [0.25, 0.3) is 0 Å². The lowest BCUT2D eigenvalue weighted by molar-refractivity contribution is -0.115. The first kappa shape index (κ1) is 25.8. The molecule has 2 N–H and O–H groups in total. The Morgan fingerprint density at radius 2 is 1.52 bits per heavy atom. The molecule has 1 fully saturated rings. The van der Waals surface area contributed by atoms with Crippen LogP contribution in [0.2, 0.25) is 0 Å². The van der Waals surface area contributed by atoms with Gasteiger partial charge in [0, 0.05) is 18.0 Å². The molecule has 0 saturated carbocycles. The van der Waals surface area contributed by atoms with Gasteiger partial charge in [0.2, 0.25) is 5.91 Å². The maximum atomic E-state index is 12.1. The first-order chi connectivity index (χ1) is 15.8. The third-order valence-corrected chi connectivity index (χ3v) is 4.43. The Morgan fingerprint density at radius 1 is 0.939 bits per heavy atom. The number of hydrogen-bond donors (Lipinski definition) is 1. The standard InChI is InChI=1S/C20H28N2O11/c1-4-27-18(24)30-11-13-14(32-19(25)28-5-2)15(33-20(26)29-6-3)17(31-13)22-9-7-8-12(10-22)16(21)23/h7,9-10,13-15,17H,4-6,8,11H2,1-3H3,(H2,21,23)/t13?,14-,15-,17-/m1/s1. The van der Waals surface area contributed by atoms with E-state index in [9.17, 15) is 19.2 Å². The molecule has 1 saturated heterocycles. The van der Waals surface area contributed by atoms with Gasteiger partial charge in [0.15, 0.2) is 18.4 Å². The summed E-state index contributed by atoms with van der Waals surface area (Å²) in [6.07, 6.45) is -2.79. The molecule has 13 nitrogen and oxygen atoms in total. The zero-order valence-corrected chi connectivity index (χ0v) is 18.6. The Morgan fingerprint density at radius 3 is 2.09 bits per heavy atom. The van der Waals surface area contributed by atoms with Crippen molar-refractivity contribution in [1.82, 2.24) is 4.90 Å². The number of hydrogen-bond acceptors (Lipinski definition) is 12. The Balaban J connectivity index is 2.33. The van der Waals surface area contributed by atoms with Gasteiger partial charge in [0.1, 0.15) is 12.7 Å². The van der Waals surface area contributed by atoms with Crippen molar-refractivity contribution in [2.75, 3.05) is 26.4 Å². The molecule has 13 heteroatoms. The Bertz CT molecular complexity index is 782. The smallest absolute Gasteiger partial charge is 0.435 e. The van der Waals surface area contributed by atoms with Crippen LogP contribution in [0.1, 0.15) is 27.2 Å². The van der Waals surface area contributed by atoms with Crippen LogP contribution >= 0.6 is 0 Å². The van der Waals surface area contributed by atoms with Crippen LogP contribution in [0.5, 0.6) is 0 Å². The number of nitrogens with two attached hydrogens (primary N) is 1. The summed E-state index contributed by atoms with van der Waals surface area (Å²) in [6, 6.07) is 0. The van der Waals surface area contributed by atoms with Crippen LogP contribution in [0, 0.1) is 0 Å². The van der Waals surface area contributed by atoms with Gasteiger partial charge in [0.05, 0.1) is 19.8 Å². The third-order valence-electron chi connectivity index (χ3n) is 4.43. The number of carbonyl (C=O) groups is 4. The van der Waals surface area contributed by atoms with Crippen molar-refractivity contribution < 1.29 is 52.3 Å². The van der Waals surface area contributed by atoms with Gasteiger partial charge in [-0.3, -0.25) is 4.79 Å². The number of amides is 1. The van der Waals surface area contributed by atoms with Crippen LogP contribution in [0.3, 0.4) is 0 Å². The van der Waals surface area contributed by atoms with Crippen molar-refractivity contribution in [3.8, 4) is 0 Å². The number of primary amides is 1. The van der Waals surface area contributed by atoms with Crippen molar-refractivity contribution in [1.29, 1.82) is 0 Å². The largest absolute Gasteiger partial charge is 0.508 e. The Kier molecular flexibility index (Phi) is 9.79. The minimum atomic E-state index is -1.26. The molecule has 33 heavy (non-hydrogen) atoms. The summed E-state index contributed by atoms with van der Waals surface area (Å²) in [7, 11) is 0. The van der Waals surface area contributed by atoms with Crippen molar-refractivity contribution in [2.45, 2.75) is 51.7 Å². The number of allylic oxidation sites excluding steroid dienone is 1. The summed E-state index contributed by atoms with van der Waals surface area (Å²) in [6.45, 7) is 4.52. The molecule has 2 heterocycles. The van der Waals surface area contributed by atoms with E-state index in [4.69, 9.17) is 38.9 Å². The fourth-order valence-corrected chi connectivity index (χ4v) is 3.09. The molecular weight excluding hydrogens is 444 g/mol. The van der Waals surface area contributed by atoms with Gasteiger partial charge in [-0.15, -0.1) is 0 Å². The zero-order chi connectivity index (χ0) is 24.4. The maximum absolute atomic E-state index is 12.1. The average molecular weight is 472 g/mol. The van der Waals surface area contributed by atoms with Crippen LogP contribution in [0.4, 0.5) is 14.4 Å². The molecule has 0 bridgehead atoms. The van der Waals surface area contributed by atoms with Crippen molar-refractivity contribution >= 4 is 24.4 Å². The Labute approximate surface area is 190 Å². The lowest BCUT2D eigenvalue weighted by atomic mass is 10.1. The summed E-state index contributed by atoms with van der Waals surface area (Å²) >= 11 is 0. The van der Waals surface area contributed by atoms with Crippen LogP contribution in [-0.2, 0) is 38.0 Å². The predicted octanol–water partition coefficient (Wildman–Crippen LogP) is 1.56. The lowest BCUT2D eigenvalue weighted by Gasteiger charge is -2.30. The second-order valence-electron chi connectivity index (χ2n) is 6.64. The summed E-state index contributed by atoms with van der Waals surface area (Å²) in [5.74, 6) is -0.647. The lowest BCUT2D eigenvalue weighted by Crippen LogP contribution is -2.45. The second kappa shape index (κ2) is 12.5. The predicted molar refractivity (Wildman–Crippen MR) is 108 cm³/mol. The van der Waals surface area contributed by atoms with E-state index in [2.05, 4.69) is 0 Å². The number of carbonyl (C=O) groups excluding carboxylic acids is 4. The molecule has 2 rings (SSSR count). The quantitative estimate of drug-likeness (QED) is 0.381. The van der Waals surface area contributed by atoms with E-state index in [1.807, 2.05) is 0 Å². The minimum absolute atomic E-state index is 0.0306. The molecular formula is C20H28N2O11. The normalized spacial score (nSPS) is 23.8. The highest BCUT2D eigenvalue weighted by Crippen LogP contribution is 2.32. The van der Waals surface area contributed by atoms with Crippen molar-refractivity contribution in [2.24, 2.45) is 5.73 Å². The molecule has 0 spiro atoms. The minimum Gasteiger partial charge on any atom is -0.435 e. The van der Waals surface area contributed by atoms with E-state index < -0.39 is 55.5 Å². The average Bonchev–Trinajstić information content (AvgIpc) is 3.09. The van der Waals surface area contributed by atoms with E-state index in [-0.39, 0.29) is 25.4 Å². The fraction of sp³-hybridized carbons (Fsp3) is 0.600. The molecule has 2 aliphatic rings. The van der Waals surface area contributed by atoms with E-state index >= 15 is 0 Å². The van der Waals surface area contributed by atoms with Crippen molar-refractivity contribution in [3.05, 3.63) is 24.0 Å². The second-order valence-corrected chi connectivity index (χ2v) is 6.64. The van der Waals surface area contributed by atoms with Gasteiger partial charge in [0.25, 0.3) is 0 Å². The van der Waals surface area contributed by atoms with E-state index in [0.29, 0.717) is 6.42 Å². The zero-order valence-electron chi connectivity index (χ0n) is 18.6. The molecule has 0 radical (unpaired) electrons. The van der Waals surface area contributed by atoms with Gasteiger partial charge in [-0.2, -0.15) is 0 Å². The number of rotatable bonds is 9. The van der Waals surface area contributed by atoms with E-state index in [1.54, 1.807) is 33.0 Å². The van der Waals surface area contributed by atoms with E-state index in [0.717, 1.165) is 0 Å². The molecule has 1 amide bonds. The summed E-state index contributed by atoms with van der Waals surface area (Å²) in [5, 5.41) is 0. The number of nitrogens with zero attached hydrogens (tertiary/aromatic N) is 1. The molecule has 0 aromatic carbocycles. The molecule has 0 aromatic rings. The van der Waals surface area contributed by atoms with Gasteiger partial charge >= 0.3 is 18.5 Å². The van der Waals surface area contributed by atoms with Crippen LogP contribution < -0.4 is 5.73 Å². The first-order valence-electron chi connectivity index (χ1n) is 10.4. The highest BCUT2D eigenvalue weighted by molar-refractivity contribution is 5.92. The molecule has 184 valence electrons. The fourth-order valence-electron chi connectivity index (χ4n) is 3.09. The first-order valence-corrected chi connectivity index (χ1v) is 10.4. The van der Waals surface area contributed by atoms with Gasteiger partial charge in [-0.05, 0) is 27.2 Å². The summed E-state index contributed by atoms with van der Waals surface area (Å²) in [5.41, 5.74) is 5.64. The Hall–Kier alpha value is -3.48. The molecule has 0 aromatic heterocycles. The number of ether oxygens (including phenoxy) is 7. The maximum Gasteiger partial charge on any atom is 0.508 e. The molecule has 0 aliphatic carbocycles. The topological polar surface area (TPSA) is 162 Å². The van der Waals surface area contributed by atoms with Gasteiger partial charge in [-0.1, -0.05) is 6.08 Å². The van der Waals surface area contributed by atoms with Crippen LogP contribution in [-0.4, -0.2) is 80.2 Å². The van der Waals surface area contributed by atoms with Gasteiger partial charge < -0.3 is 43.8 Å². The van der Waals surface area contributed by atoms with Crippen LogP contribution in [0.15, 0.2) is 24.0 Å². The van der Waals surface area contributed by atoms with Crippen molar-refractivity contribution in [3.63, 3.8) is 0 Å². The van der Waals surface area contributed by atoms with Gasteiger partial charge in [-0.25, -0.2) is 14.4 Å². The SMILES string of the molecule is CCOC(=O)OCC1O[C@@H](N2C=CCC(C(N)=O)=C2)[C@H](OC(=O)OCC)[C@@H]1OC(=O)OCC. The molecule has 2 aliphatic heterocycles. The third kappa shape index (κ3) is 7.27. The van der Waals surface area contributed by atoms with E-state index in [1.165, 1.54) is 11.1 Å². The highest BCUT2D eigenvalue weighted by atomic mass is 16.8. The molecule has 4 atom stereocenters. The summed E-state index contributed by atoms with van der Waals surface area (Å²) < 4.78 is 36.0. The monoisotopic (exact) mass is 472 g/mol.